The van der Waals surface area contributed by atoms with Crippen molar-refractivity contribution in [2.75, 3.05) is 18.0 Å². The van der Waals surface area contributed by atoms with Crippen LogP contribution in [0.3, 0.4) is 0 Å². The van der Waals surface area contributed by atoms with Crippen molar-refractivity contribution in [1.29, 1.82) is 0 Å². The lowest BCUT2D eigenvalue weighted by molar-refractivity contribution is 0.440. The van der Waals surface area contributed by atoms with Crippen molar-refractivity contribution in [3.8, 4) is 0 Å². The zero-order chi connectivity index (χ0) is 12.8. The molecule has 2 heteroatoms. The summed E-state index contributed by atoms with van der Waals surface area (Å²) in [6, 6.07) is 8.89. The summed E-state index contributed by atoms with van der Waals surface area (Å²) in [6.45, 7) is 10.7. The van der Waals surface area contributed by atoms with Gasteiger partial charge in [-0.1, -0.05) is 32.4 Å². The number of rotatable bonds is 6. The molecule has 0 aliphatic carbocycles. The van der Waals surface area contributed by atoms with Crippen LogP contribution in [0, 0.1) is 12.8 Å². The molecule has 0 saturated heterocycles. The normalized spacial score (nSPS) is 14.4. The van der Waals surface area contributed by atoms with Crippen molar-refractivity contribution in [3.05, 3.63) is 29.8 Å². The van der Waals surface area contributed by atoms with Crippen LogP contribution in [0.4, 0.5) is 5.69 Å². The molecule has 1 aromatic rings. The predicted molar refractivity (Wildman–Crippen MR) is 76.5 cm³/mol. The molecule has 0 bridgehead atoms. The van der Waals surface area contributed by atoms with Crippen LogP contribution in [-0.4, -0.2) is 19.1 Å². The Labute approximate surface area is 106 Å². The van der Waals surface area contributed by atoms with Crippen molar-refractivity contribution in [2.24, 2.45) is 11.7 Å². The fourth-order valence-corrected chi connectivity index (χ4v) is 1.98. The fraction of sp³-hybridized carbons (Fsp3) is 0.600. The Morgan fingerprint density at radius 2 is 2.00 bits per heavy atom. The molecule has 0 saturated carbocycles. The van der Waals surface area contributed by atoms with Crippen LogP contribution < -0.4 is 10.6 Å². The number of anilines is 1. The molecule has 2 atom stereocenters. The first kappa shape index (κ1) is 14.0. The summed E-state index contributed by atoms with van der Waals surface area (Å²) in [6.07, 6.45) is 1.15. The van der Waals surface area contributed by atoms with Gasteiger partial charge in [-0.2, -0.15) is 0 Å². The lowest BCUT2D eigenvalue weighted by Gasteiger charge is -2.29. The molecule has 0 amide bonds. The summed E-state index contributed by atoms with van der Waals surface area (Å²) in [7, 11) is 0. The molecule has 0 aliphatic heterocycles. The van der Waals surface area contributed by atoms with Gasteiger partial charge in [0.15, 0.2) is 0 Å². The number of aryl methyl sites for hydroxylation is 1. The lowest BCUT2D eigenvalue weighted by Crippen LogP contribution is -2.41. The molecule has 2 N–H and O–H groups in total. The molecule has 0 heterocycles. The Bertz CT molecular complexity index is 335. The van der Waals surface area contributed by atoms with Crippen LogP contribution in [0.15, 0.2) is 24.3 Å². The van der Waals surface area contributed by atoms with Crippen molar-refractivity contribution in [2.45, 2.75) is 40.2 Å². The molecular weight excluding hydrogens is 208 g/mol. The molecule has 2 nitrogen and oxygen atoms in total. The number of likely N-dealkylation sites (N-methyl/N-ethyl adjacent to an activating group) is 1. The number of hydrogen-bond donors (Lipinski definition) is 1. The second kappa shape index (κ2) is 6.65. The van der Waals surface area contributed by atoms with Crippen LogP contribution >= 0.6 is 0 Å². The molecule has 0 fully saturated rings. The van der Waals surface area contributed by atoms with Crippen LogP contribution in [0.1, 0.15) is 32.8 Å². The fourth-order valence-electron chi connectivity index (χ4n) is 1.98. The maximum absolute atomic E-state index is 6.24. The summed E-state index contributed by atoms with van der Waals surface area (Å²) >= 11 is 0. The first-order valence-electron chi connectivity index (χ1n) is 6.65. The van der Waals surface area contributed by atoms with E-state index in [1.54, 1.807) is 0 Å². The largest absolute Gasteiger partial charge is 0.370 e. The molecular formula is C15H26N2. The molecule has 0 spiro atoms. The van der Waals surface area contributed by atoms with Gasteiger partial charge in [0.2, 0.25) is 0 Å². The molecule has 0 aromatic heterocycles. The van der Waals surface area contributed by atoms with Crippen molar-refractivity contribution < 1.29 is 0 Å². The van der Waals surface area contributed by atoms with Gasteiger partial charge in [-0.05, 0) is 37.5 Å². The van der Waals surface area contributed by atoms with Crippen molar-refractivity contribution >= 4 is 5.69 Å². The van der Waals surface area contributed by atoms with Gasteiger partial charge in [0, 0.05) is 24.8 Å². The van der Waals surface area contributed by atoms with Gasteiger partial charge < -0.3 is 10.6 Å². The first-order valence-corrected chi connectivity index (χ1v) is 6.65. The molecule has 1 aromatic carbocycles. The van der Waals surface area contributed by atoms with Gasteiger partial charge in [-0.25, -0.2) is 0 Å². The van der Waals surface area contributed by atoms with Crippen molar-refractivity contribution in [1.82, 2.24) is 0 Å². The van der Waals surface area contributed by atoms with Gasteiger partial charge in [0.1, 0.15) is 0 Å². The minimum absolute atomic E-state index is 0.250. The summed E-state index contributed by atoms with van der Waals surface area (Å²) in [5.41, 5.74) is 8.83. The topological polar surface area (TPSA) is 29.3 Å². The molecule has 0 aliphatic rings. The minimum atomic E-state index is 0.250. The van der Waals surface area contributed by atoms with E-state index >= 15 is 0 Å². The first-order chi connectivity index (χ1) is 8.08. The molecule has 1 unspecified atom stereocenters. The standard InChI is InChI=1S/C15H26N2/c1-5-13(4)15(16)11-17(6-2)14-9-7-8-12(3)10-14/h7-10,13,15H,5-6,11,16H2,1-4H3/t13?,15-/m1/s1. The molecule has 1 rings (SSSR count). The maximum atomic E-state index is 6.24. The monoisotopic (exact) mass is 234 g/mol. The van der Waals surface area contributed by atoms with Gasteiger partial charge in [0.05, 0.1) is 0 Å². The highest BCUT2D eigenvalue weighted by molar-refractivity contribution is 5.48. The lowest BCUT2D eigenvalue weighted by atomic mass is 9.99. The van der Waals surface area contributed by atoms with E-state index in [1.807, 2.05) is 0 Å². The Hall–Kier alpha value is -1.02. The van der Waals surface area contributed by atoms with E-state index in [0.717, 1.165) is 19.5 Å². The van der Waals surface area contributed by atoms with E-state index in [2.05, 4.69) is 56.9 Å². The molecule has 17 heavy (non-hydrogen) atoms. The highest BCUT2D eigenvalue weighted by Crippen LogP contribution is 2.17. The zero-order valence-electron chi connectivity index (χ0n) is 11.6. The zero-order valence-corrected chi connectivity index (χ0v) is 11.6. The predicted octanol–water partition coefficient (Wildman–Crippen LogP) is 3.19. The Morgan fingerprint density at radius 1 is 1.29 bits per heavy atom. The SMILES string of the molecule is CCC(C)[C@H](N)CN(CC)c1cccc(C)c1. The third kappa shape index (κ3) is 4.04. The highest BCUT2D eigenvalue weighted by Gasteiger charge is 2.14. The van der Waals surface area contributed by atoms with Gasteiger partial charge in [-0.15, -0.1) is 0 Å². The Kier molecular flexibility index (Phi) is 5.49. The van der Waals surface area contributed by atoms with Crippen LogP contribution in [-0.2, 0) is 0 Å². The maximum Gasteiger partial charge on any atom is 0.0369 e. The summed E-state index contributed by atoms with van der Waals surface area (Å²) in [5, 5.41) is 0. The van der Waals surface area contributed by atoms with Crippen LogP contribution in [0.5, 0.6) is 0 Å². The highest BCUT2D eigenvalue weighted by atomic mass is 15.1. The number of nitrogens with zero attached hydrogens (tertiary/aromatic N) is 1. The molecule has 0 radical (unpaired) electrons. The van der Waals surface area contributed by atoms with Crippen LogP contribution in [0.25, 0.3) is 0 Å². The number of nitrogens with two attached hydrogens (primary N) is 1. The van der Waals surface area contributed by atoms with E-state index in [-0.39, 0.29) is 6.04 Å². The summed E-state index contributed by atoms with van der Waals surface area (Å²) in [4.78, 5) is 2.36. The van der Waals surface area contributed by atoms with E-state index in [1.165, 1.54) is 11.3 Å². The average molecular weight is 234 g/mol. The van der Waals surface area contributed by atoms with E-state index in [4.69, 9.17) is 5.73 Å². The summed E-state index contributed by atoms with van der Waals surface area (Å²) < 4.78 is 0. The Morgan fingerprint density at radius 3 is 2.53 bits per heavy atom. The van der Waals surface area contributed by atoms with Gasteiger partial charge >= 0.3 is 0 Å². The third-order valence-electron chi connectivity index (χ3n) is 3.55. The second-order valence-electron chi connectivity index (χ2n) is 4.93. The third-order valence-corrected chi connectivity index (χ3v) is 3.55. The van der Waals surface area contributed by atoms with Gasteiger partial charge in [-0.3, -0.25) is 0 Å². The Balaban J connectivity index is 2.72. The van der Waals surface area contributed by atoms with Crippen molar-refractivity contribution in [3.63, 3.8) is 0 Å². The van der Waals surface area contributed by atoms with E-state index in [9.17, 15) is 0 Å². The second-order valence-corrected chi connectivity index (χ2v) is 4.93. The summed E-state index contributed by atoms with van der Waals surface area (Å²) in [5.74, 6) is 0.578. The minimum Gasteiger partial charge on any atom is -0.370 e. The van der Waals surface area contributed by atoms with Gasteiger partial charge in [0.25, 0.3) is 0 Å². The van der Waals surface area contributed by atoms with Crippen LogP contribution in [0.2, 0.25) is 0 Å². The molecule has 96 valence electrons. The number of benzene rings is 1. The number of hydrogen-bond acceptors (Lipinski definition) is 2. The average Bonchev–Trinajstić information content (AvgIpc) is 2.34. The van der Waals surface area contributed by atoms with E-state index in [0.29, 0.717) is 5.92 Å². The van der Waals surface area contributed by atoms with E-state index < -0.39 is 0 Å². The quantitative estimate of drug-likeness (QED) is 0.819. The smallest absolute Gasteiger partial charge is 0.0369 e.